The van der Waals surface area contributed by atoms with E-state index in [-0.39, 0.29) is 23.3 Å². The summed E-state index contributed by atoms with van der Waals surface area (Å²) in [7, 11) is 3.59. The maximum atomic E-state index is 10.4. The van der Waals surface area contributed by atoms with Gasteiger partial charge in [-0.2, -0.15) is 0 Å². The first-order valence-electron chi connectivity index (χ1n) is 7.70. The summed E-state index contributed by atoms with van der Waals surface area (Å²) in [6, 6.07) is 5.29. The summed E-state index contributed by atoms with van der Waals surface area (Å²) in [5, 5.41) is 30.7. The van der Waals surface area contributed by atoms with Gasteiger partial charge in [-0.15, -0.1) is 0 Å². The molecule has 3 N–H and O–H groups in total. The second-order valence-electron chi connectivity index (χ2n) is 6.29. The Morgan fingerprint density at radius 2 is 1.87 bits per heavy atom. The fraction of sp³-hybridized carbons (Fsp3) is 0.333. The average Bonchev–Trinajstić information content (AvgIpc) is 2.54. The van der Waals surface area contributed by atoms with Crippen LogP contribution in [-0.4, -0.2) is 40.9 Å². The van der Waals surface area contributed by atoms with Crippen LogP contribution in [0.25, 0.3) is 11.1 Å². The molecule has 2 aromatic rings. The number of hydrogen-bond donors (Lipinski definition) is 3. The molecule has 23 heavy (non-hydrogen) atoms. The Balaban J connectivity index is 2.14. The van der Waals surface area contributed by atoms with E-state index >= 15 is 0 Å². The quantitative estimate of drug-likeness (QED) is 0.706. The maximum Gasteiger partial charge on any atom is 0.168 e. The fourth-order valence-corrected chi connectivity index (χ4v) is 3.97. The Bertz CT molecular complexity index is 815. The molecule has 120 valence electrons. The Morgan fingerprint density at radius 3 is 2.61 bits per heavy atom. The number of phenols is 3. The number of phenolic OH excluding ortho intramolecular Hbond substituents is 3. The van der Waals surface area contributed by atoms with Crippen molar-refractivity contribution in [3.8, 4) is 34.1 Å². The Kier molecular flexibility index (Phi) is 2.96. The topological polar surface area (TPSA) is 73.2 Å². The molecule has 1 unspecified atom stereocenters. The van der Waals surface area contributed by atoms with Crippen LogP contribution in [0.2, 0.25) is 0 Å². The number of hydrogen-bond acceptors (Lipinski definition) is 5. The molecule has 0 saturated heterocycles. The monoisotopic (exact) mass is 313 g/mol. The summed E-state index contributed by atoms with van der Waals surface area (Å²) in [5.41, 5.74) is 4.38. The zero-order valence-electron chi connectivity index (χ0n) is 13.1. The van der Waals surface area contributed by atoms with Crippen molar-refractivity contribution in [2.75, 3.05) is 20.7 Å². The fourth-order valence-electron chi connectivity index (χ4n) is 3.97. The third-order valence-electron chi connectivity index (χ3n) is 5.10. The molecule has 5 heteroatoms. The highest BCUT2D eigenvalue weighted by Crippen LogP contribution is 2.55. The minimum atomic E-state index is -0.162. The van der Waals surface area contributed by atoms with E-state index in [0.29, 0.717) is 16.9 Å². The minimum absolute atomic E-state index is 0.0696. The lowest BCUT2D eigenvalue weighted by Crippen LogP contribution is -2.35. The van der Waals surface area contributed by atoms with Crippen LogP contribution in [0.1, 0.15) is 22.7 Å². The van der Waals surface area contributed by atoms with E-state index in [0.717, 1.165) is 36.1 Å². The molecule has 1 atom stereocenters. The first-order chi connectivity index (χ1) is 11.0. The van der Waals surface area contributed by atoms with Gasteiger partial charge in [0.15, 0.2) is 23.0 Å². The van der Waals surface area contributed by atoms with Crippen LogP contribution in [0.4, 0.5) is 0 Å². The van der Waals surface area contributed by atoms with E-state index in [1.165, 1.54) is 13.2 Å². The zero-order valence-corrected chi connectivity index (χ0v) is 13.1. The highest BCUT2D eigenvalue weighted by molar-refractivity contribution is 5.88. The largest absolute Gasteiger partial charge is 0.504 e. The lowest BCUT2D eigenvalue weighted by Gasteiger charge is -2.40. The van der Waals surface area contributed by atoms with E-state index in [4.69, 9.17) is 4.74 Å². The molecule has 0 aromatic heterocycles. The van der Waals surface area contributed by atoms with Crippen molar-refractivity contribution in [1.82, 2.24) is 4.90 Å². The van der Waals surface area contributed by atoms with Crippen LogP contribution < -0.4 is 4.74 Å². The standard InChI is InChI=1S/C18H19NO4/c1-19-6-5-10-8-13(21)18(23-2)16-14(10)11(19)7-9-3-4-12(20)17(22)15(9)16/h3-4,8,11,20-22H,5-7H2,1-2H3. The highest BCUT2D eigenvalue weighted by Gasteiger charge is 2.37. The molecule has 0 bridgehead atoms. The van der Waals surface area contributed by atoms with E-state index in [1.807, 2.05) is 6.07 Å². The molecule has 1 heterocycles. The van der Waals surface area contributed by atoms with Crippen LogP contribution in [0.15, 0.2) is 18.2 Å². The van der Waals surface area contributed by atoms with Crippen LogP contribution in [0.5, 0.6) is 23.0 Å². The molecule has 1 aliphatic heterocycles. The molecule has 0 amide bonds. The molecule has 5 nitrogen and oxygen atoms in total. The number of likely N-dealkylation sites (N-methyl/N-ethyl adjacent to an activating group) is 1. The minimum Gasteiger partial charge on any atom is -0.504 e. The molecule has 0 spiro atoms. The van der Waals surface area contributed by atoms with Crippen molar-refractivity contribution in [2.24, 2.45) is 0 Å². The number of methoxy groups -OCH3 is 1. The normalized spacial score (nSPS) is 19.1. The number of aromatic hydroxyl groups is 3. The molecule has 2 aromatic carbocycles. The van der Waals surface area contributed by atoms with E-state index < -0.39 is 0 Å². The predicted octanol–water partition coefficient (Wildman–Crippen LogP) is 2.56. The maximum absolute atomic E-state index is 10.4. The van der Waals surface area contributed by atoms with Gasteiger partial charge < -0.3 is 20.1 Å². The van der Waals surface area contributed by atoms with Crippen molar-refractivity contribution in [2.45, 2.75) is 18.9 Å². The van der Waals surface area contributed by atoms with Gasteiger partial charge in [0.2, 0.25) is 0 Å². The van der Waals surface area contributed by atoms with Crippen LogP contribution in [0, 0.1) is 0 Å². The number of ether oxygens (including phenoxy) is 1. The van der Waals surface area contributed by atoms with Gasteiger partial charge in [-0.05, 0) is 48.7 Å². The zero-order chi connectivity index (χ0) is 16.3. The molecule has 0 saturated carbocycles. The van der Waals surface area contributed by atoms with Crippen LogP contribution >= 0.6 is 0 Å². The Morgan fingerprint density at radius 1 is 1.09 bits per heavy atom. The second kappa shape index (κ2) is 4.80. The Labute approximate surface area is 134 Å². The van der Waals surface area contributed by atoms with Gasteiger partial charge in [0.05, 0.1) is 7.11 Å². The van der Waals surface area contributed by atoms with Crippen molar-refractivity contribution in [3.63, 3.8) is 0 Å². The number of rotatable bonds is 1. The third-order valence-corrected chi connectivity index (χ3v) is 5.10. The smallest absolute Gasteiger partial charge is 0.168 e. The van der Waals surface area contributed by atoms with E-state index in [2.05, 4.69) is 11.9 Å². The Hall–Kier alpha value is -2.40. The van der Waals surface area contributed by atoms with Gasteiger partial charge in [0.1, 0.15) is 0 Å². The molecule has 2 aliphatic rings. The van der Waals surface area contributed by atoms with Crippen molar-refractivity contribution >= 4 is 0 Å². The van der Waals surface area contributed by atoms with E-state index in [9.17, 15) is 15.3 Å². The van der Waals surface area contributed by atoms with Gasteiger partial charge in [-0.25, -0.2) is 0 Å². The molecular formula is C18H19NO4. The summed E-state index contributed by atoms with van der Waals surface area (Å²) in [6.07, 6.45) is 1.59. The molecular weight excluding hydrogens is 294 g/mol. The lowest BCUT2D eigenvalue weighted by atomic mass is 9.76. The van der Waals surface area contributed by atoms with Crippen LogP contribution in [-0.2, 0) is 12.8 Å². The molecule has 1 aliphatic carbocycles. The summed E-state index contributed by atoms with van der Waals surface area (Å²) in [6.45, 7) is 0.919. The van der Waals surface area contributed by atoms with Gasteiger partial charge in [0, 0.05) is 23.7 Å². The second-order valence-corrected chi connectivity index (χ2v) is 6.29. The van der Waals surface area contributed by atoms with Gasteiger partial charge in [-0.3, -0.25) is 4.90 Å². The highest BCUT2D eigenvalue weighted by atomic mass is 16.5. The first kappa shape index (κ1) is 14.2. The lowest BCUT2D eigenvalue weighted by molar-refractivity contribution is 0.226. The molecule has 0 radical (unpaired) electrons. The number of benzene rings is 2. The molecule has 0 fully saturated rings. The molecule has 4 rings (SSSR count). The number of nitrogens with zero attached hydrogens (tertiary/aromatic N) is 1. The summed E-state index contributed by atoms with van der Waals surface area (Å²) < 4.78 is 5.44. The van der Waals surface area contributed by atoms with Crippen molar-refractivity contribution < 1.29 is 20.1 Å². The van der Waals surface area contributed by atoms with Crippen LogP contribution in [0.3, 0.4) is 0 Å². The average molecular weight is 313 g/mol. The van der Waals surface area contributed by atoms with Gasteiger partial charge >= 0.3 is 0 Å². The summed E-state index contributed by atoms with van der Waals surface area (Å²) >= 11 is 0. The first-order valence-corrected chi connectivity index (χ1v) is 7.70. The third kappa shape index (κ3) is 1.83. The summed E-state index contributed by atoms with van der Waals surface area (Å²) in [5.74, 6) is 0.108. The number of fused-ring (bicyclic) bond motifs is 2. The van der Waals surface area contributed by atoms with Gasteiger partial charge in [0.25, 0.3) is 0 Å². The summed E-state index contributed by atoms with van der Waals surface area (Å²) in [4.78, 5) is 2.29. The van der Waals surface area contributed by atoms with E-state index in [1.54, 1.807) is 6.07 Å². The van der Waals surface area contributed by atoms with Crippen molar-refractivity contribution in [3.05, 3.63) is 34.9 Å². The van der Waals surface area contributed by atoms with Crippen molar-refractivity contribution in [1.29, 1.82) is 0 Å². The van der Waals surface area contributed by atoms with Gasteiger partial charge in [-0.1, -0.05) is 6.07 Å². The predicted molar refractivity (Wildman–Crippen MR) is 86.2 cm³/mol. The SMILES string of the molecule is COc1c(O)cc2c3c1-c1c(ccc(O)c1O)CC3N(C)CC2.